The van der Waals surface area contributed by atoms with Gasteiger partial charge in [0.1, 0.15) is 0 Å². The van der Waals surface area contributed by atoms with Crippen LogP contribution in [0.5, 0.6) is 11.5 Å². The summed E-state index contributed by atoms with van der Waals surface area (Å²) in [5, 5.41) is 0. The summed E-state index contributed by atoms with van der Waals surface area (Å²) in [7, 11) is 1.42. The molecule has 1 amide bonds. The van der Waals surface area contributed by atoms with E-state index in [2.05, 4.69) is 4.99 Å². The van der Waals surface area contributed by atoms with E-state index in [1.807, 2.05) is 0 Å². The minimum absolute atomic E-state index is 0.169. The number of nitrogens with two attached hydrogens (primary N) is 1. The second-order valence-electron chi connectivity index (χ2n) is 4.97. The molecule has 132 valence electrons. The van der Waals surface area contributed by atoms with Crippen LogP contribution in [0.1, 0.15) is 11.1 Å². The molecule has 0 atom stereocenters. The molecule has 0 unspecified atom stereocenters. The fourth-order valence-corrected chi connectivity index (χ4v) is 1.94. The van der Waals surface area contributed by atoms with Gasteiger partial charge < -0.3 is 15.2 Å². The second kappa shape index (κ2) is 7.69. The van der Waals surface area contributed by atoms with Gasteiger partial charge in [-0.3, -0.25) is 9.79 Å². The van der Waals surface area contributed by atoms with Crippen molar-refractivity contribution >= 4 is 17.8 Å². The molecule has 2 rings (SSSR count). The second-order valence-corrected chi connectivity index (χ2v) is 4.97. The summed E-state index contributed by atoms with van der Waals surface area (Å²) in [5.41, 5.74) is 5.00. The van der Waals surface area contributed by atoms with Crippen molar-refractivity contribution in [3.8, 4) is 11.5 Å². The number of rotatable bonds is 6. The molecule has 0 aliphatic heterocycles. The highest BCUT2D eigenvalue weighted by molar-refractivity contribution is 5.83. The van der Waals surface area contributed by atoms with Gasteiger partial charge in [-0.2, -0.15) is 13.2 Å². The summed E-state index contributed by atoms with van der Waals surface area (Å²) in [6.07, 6.45) is -3.02. The monoisotopic (exact) mass is 352 g/mol. The fourth-order valence-electron chi connectivity index (χ4n) is 1.94. The number of hydrogen-bond donors (Lipinski definition) is 1. The largest absolute Gasteiger partial charge is 0.493 e. The van der Waals surface area contributed by atoms with Crippen LogP contribution in [0.4, 0.5) is 18.9 Å². The third-order valence-corrected chi connectivity index (χ3v) is 3.09. The van der Waals surface area contributed by atoms with Crippen molar-refractivity contribution in [2.24, 2.45) is 10.7 Å². The Kier molecular flexibility index (Phi) is 5.63. The van der Waals surface area contributed by atoms with Gasteiger partial charge in [-0.15, -0.1) is 0 Å². The Morgan fingerprint density at radius 3 is 2.60 bits per heavy atom. The SMILES string of the molecule is COc1cc(C=Nc2cccc(C(F)(F)F)c2)ccc1OCC(N)=O. The summed E-state index contributed by atoms with van der Waals surface area (Å²) in [4.78, 5) is 14.8. The van der Waals surface area contributed by atoms with Gasteiger partial charge in [-0.1, -0.05) is 6.07 Å². The molecular formula is C17H15F3N2O3. The number of hydrogen-bond acceptors (Lipinski definition) is 4. The molecule has 0 heterocycles. The van der Waals surface area contributed by atoms with E-state index in [-0.39, 0.29) is 12.3 Å². The van der Waals surface area contributed by atoms with Gasteiger partial charge in [-0.25, -0.2) is 0 Å². The quantitative estimate of drug-likeness (QED) is 0.811. The van der Waals surface area contributed by atoms with Crippen molar-refractivity contribution in [1.82, 2.24) is 0 Å². The molecule has 25 heavy (non-hydrogen) atoms. The van der Waals surface area contributed by atoms with Crippen molar-refractivity contribution in [1.29, 1.82) is 0 Å². The lowest BCUT2D eigenvalue weighted by Gasteiger charge is -2.10. The highest BCUT2D eigenvalue weighted by atomic mass is 19.4. The molecule has 0 bridgehead atoms. The molecular weight excluding hydrogens is 337 g/mol. The van der Waals surface area contributed by atoms with Crippen LogP contribution in [-0.4, -0.2) is 25.8 Å². The molecule has 2 N–H and O–H groups in total. The predicted octanol–water partition coefficient (Wildman–Crippen LogP) is 3.33. The first-order valence-corrected chi connectivity index (χ1v) is 7.10. The Labute approximate surface area is 141 Å². The number of benzene rings is 2. The lowest BCUT2D eigenvalue weighted by atomic mass is 10.2. The average molecular weight is 352 g/mol. The van der Waals surface area contributed by atoms with Gasteiger partial charge in [-0.05, 0) is 42.0 Å². The van der Waals surface area contributed by atoms with Crippen LogP contribution in [0.3, 0.4) is 0 Å². The Morgan fingerprint density at radius 2 is 1.96 bits per heavy atom. The zero-order valence-electron chi connectivity index (χ0n) is 13.2. The number of amides is 1. The Balaban J connectivity index is 2.20. The highest BCUT2D eigenvalue weighted by Crippen LogP contribution is 2.31. The maximum absolute atomic E-state index is 12.7. The van der Waals surface area contributed by atoms with Crippen LogP contribution in [0.15, 0.2) is 47.5 Å². The summed E-state index contributed by atoms with van der Waals surface area (Å²) in [5.74, 6) is 0.0315. The van der Waals surface area contributed by atoms with E-state index in [0.717, 1.165) is 12.1 Å². The first kappa shape index (κ1) is 18.3. The number of nitrogens with zero attached hydrogens (tertiary/aromatic N) is 1. The number of aliphatic imine (C=N–C) groups is 1. The summed E-state index contributed by atoms with van der Waals surface area (Å²) < 4.78 is 48.4. The molecule has 0 fully saturated rings. The third kappa shape index (κ3) is 5.23. The van der Waals surface area contributed by atoms with Crippen LogP contribution >= 0.6 is 0 Å². The lowest BCUT2D eigenvalue weighted by Crippen LogP contribution is -2.20. The number of methoxy groups -OCH3 is 1. The van der Waals surface area contributed by atoms with Crippen molar-refractivity contribution in [3.63, 3.8) is 0 Å². The summed E-state index contributed by atoms with van der Waals surface area (Å²) >= 11 is 0. The highest BCUT2D eigenvalue weighted by Gasteiger charge is 2.30. The lowest BCUT2D eigenvalue weighted by molar-refractivity contribution is -0.137. The van der Waals surface area contributed by atoms with Crippen molar-refractivity contribution in [3.05, 3.63) is 53.6 Å². The molecule has 0 spiro atoms. The van der Waals surface area contributed by atoms with Crippen LogP contribution in [-0.2, 0) is 11.0 Å². The third-order valence-electron chi connectivity index (χ3n) is 3.09. The van der Waals surface area contributed by atoms with Gasteiger partial charge in [0.25, 0.3) is 5.91 Å². The number of primary amides is 1. The average Bonchev–Trinajstić information content (AvgIpc) is 2.57. The van der Waals surface area contributed by atoms with Crippen LogP contribution in [0.2, 0.25) is 0 Å². The molecule has 5 nitrogen and oxygen atoms in total. The predicted molar refractivity (Wildman–Crippen MR) is 86.4 cm³/mol. The van der Waals surface area contributed by atoms with Crippen molar-refractivity contribution in [2.45, 2.75) is 6.18 Å². The van der Waals surface area contributed by atoms with Gasteiger partial charge in [0.2, 0.25) is 0 Å². The Morgan fingerprint density at radius 1 is 1.20 bits per heavy atom. The number of alkyl halides is 3. The van der Waals surface area contributed by atoms with Crippen LogP contribution in [0, 0.1) is 0 Å². The van der Waals surface area contributed by atoms with E-state index in [1.54, 1.807) is 18.2 Å². The minimum Gasteiger partial charge on any atom is -0.493 e. The number of ether oxygens (including phenoxy) is 2. The molecule has 8 heteroatoms. The molecule has 0 radical (unpaired) electrons. The summed E-state index contributed by atoms with van der Waals surface area (Å²) in [6, 6.07) is 9.44. The van der Waals surface area contributed by atoms with E-state index in [1.165, 1.54) is 25.5 Å². The number of carbonyl (C=O) groups is 1. The first-order valence-electron chi connectivity index (χ1n) is 7.10. The van der Waals surface area contributed by atoms with Crippen LogP contribution in [0.25, 0.3) is 0 Å². The first-order chi connectivity index (χ1) is 11.8. The summed E-state index contributed by atoms with van der Waals surface area (Å²) in [6.45, 7) is -0.298. The number of halogens is 3. The maximum Gasteiger partial charge on any atom is 0.416 e. The number of carbonyl (C=O) groups excluding carboxylic acids is 1. The Hall–Kier alpha value is -3.03. The topological polar surface area (TPSA) is 73.9 Å². The van der Waals surface area contributed by atoms with Crippen LogP contribution < -0.4 is 15.2 Å². The van der Waals surface area contributed by atoms with E-state index < -0.39 is 17.6 Å². The van der Waals surface area contributed by atoms with Crippen molar-refractivity contribution < 1.29 is 27.4 Å². The fraction of sp³-hybridized carbons (Fsp3) is 0.176. The normalized spacial score (nSPS) is 11.5. The molecule has 0 aliphatic carbocycles. The molecule has 2 aromatic rings. The van der Waals surface area contributed by atoms with Gasteiger partial charge in [0.05, 0.1) is 18.4 Å². The van der Waals surface area contributed by atoms with E-state index >= 15 is 0 Å². The van der Waals surface area contributed by atoms with E-state index in [4.69, 9.17) is 15.2 Å². The maximum atomic E-state index is 12.7. The van der Waals surface area contributed by atoms with Gasteiger partial charge in [0.15, 0.2) is 18.1 Å². The molecule has 0 saturated heterocycles. The smallest absolute Gasteiger partial charge is 0.416 e. The van der Waals surface area contributed by atoms with E-state index in [0.29, 0.717) is 17.1 Å². The molecule has 0 aliphatic rings. The standard InChI is InChI=1S/C17H15F3N2O3/c1-24-15-7-11(5-6-14(15)25-10-16(21)23)9-22-13-4-2-3-12(8-13)17(18,19)20/h2-9H,10H2,1H3,(H2,21,23). The molecule has 2 aromatic carbocycles. The molecule has 0 aromatic heterocycles. The van der Waals surface area contributed by atoms with Crippen molar-refractivity contribution in [2.75, 3.05) is 13.7 Å². The zero-order valence-corrected chi connectivity index (χ0v) is 13.2. The molecule has 0 saturated carbocycles. The van der Waals surface area contributed by atoms with E-state index in [9.17, 15) is 18.0 Å². The zero-order chi connectivity index (χ0) is 18.4. The van der Waals surface area contributed by atoms with Gasteiger partial charge in [0, 0.05) is 6.21 Å². The minimum atomic E-state index is -4.42. The van der Waals surface area contributed by atoms with Gasteiger partial charge >= 0.3 is 6.18 Å². The Bertz CT molecular complexity index is 789.